The molecule has 1 aliphatic heterocycles. The lowest BCUT2D eigenvalue weighted by Gasteiger charge is -2.19. The molecule has 1 aromatic carbocycles. The van der Waals surface area contributed by atoms with Crippen molar-refractivity contribution in [3.63, 3.8) is 0 Å². The van der Waals surface area contributed by atoms with Crippen molar-refractivity contribution in [3.05, 3.63) is 35.4 Å². The Bertz CT molecular complexity index is 764. The van der Waals surface area contributed by atoms with E-state index in [2.05, 4.69) is 0 Å². The number of nitrogens with zero attached hydrogens (tertiary/aromatic N) is 2. The molecule has 1 heterocycles. The van der Waals surface area contributed by atoms with Crippen LogP contribution in [0.5, 0.6) is 0 Å². The number of sulfone groups is 1. The molecule has 21 heavy (non-hydrogen) atoms. The highest BCUT2D eigenvalue weighted by atomic mass is 32.2. The normalized spacial score (nSPS) is 19.6. The van der Waals surface area contributed by atoms with Gasteiger partial charge in [0.25, 0.3) is 0 Å². The summed E-state index contributed by atoms with van der Waals surface area (Å²) in [6.45, 7) is 0.190. The van der Waals surface area contributed by atoms with Crippen LogP contribution in [0.25, 0.3) is 0 Å². The summed E-state index contributed by atoms with van der Waals surface area (Å²) in [6.07, 6.45) is 0.307. The predicted octanol–water partition coefficient (Wildman–Crippen LogP) is 0.509. The van der Waals surface area contributed by atoms with E-state index in [1.54, 1.807) is 24.3 Å². The van der Waals surface area contributed by atoms with Gasteiger partial charge in [-0.3, -0.25) is 0 Å². The summed E-state index contributed by atoms with van der Waals surface area (Å²) in [5.41, 5.74) is 0.760. The van der Waals surface area contributed by atoms with Crippen LogP contribution in [0.4, 0.5) is 0 Å². The number of hydrogen-bond donors (Lipinski definition) is 0. The van der Waals surface area contributed by atoms with Crippen LogP contribution in [0.2, 0.25) is 0 Å². The molecule has 6 nitrogen and oxygen atoms in total. The van der Waals surface area contributed by atoms with Gasteiger partial charge in [-0.15, -0.1) is 0 Å². The Labute approximate surface area is 125 Å². The smallest absolute Gasteiger partial charge is 0.218 e. The molecular weight excluding hydrogens is 312 g/mol. The van der Waals surface area contributed by atoms with Crippen molar-refractivity contribution < 1.29 is 16.8 Å². The fraction of sp³-hybridized carbons (Fsp3) is 0.462. The first-order valence-electron chi connectivity index (χ1n) is 6.50. The largest absolute Gasteiger partial charge is 0.229 e. The second kappa shape index (κ2) is 6.13. The Hall–Kier alpha value is -1.43. The highest BCUT2D eigenvalue weighted by Crippen LogP contribution is 2.17. The predicted molar refractivity (Wildman–Crippen MR) is 78.6 cm³/mol. The Kier molecular flexibility index (Phi) is 4.66. The van der Waals surface area contributed by atoms with Gasteiger partial charge in [0.2, 0.25) is 10.0 Å². The van der Waals surface area contributed by atoms with Crippen LogP contribution in [0.1, 0.15) is 17.5 Å². The average molecular weight is 328 g/mol. The fourth-order valence-electron chi connectivity index (χ4n) is 2.24. The SMILES string of the molecule is N#Cc1ccccc1CS(=O)(=O)N1CCCS(=O)(=O)CC1. The summed E-state index contributed by atoms with van der Waals surface area (Å²) < 4.78 is 49.1. The van der Waals surface area contributed by atoms with Gasteiger partial charge >= 0.3 is 0 Å². The Balaban J connectivity index is 2.21. The van der Waals surface area contributed by atoms with E-state index in [9.17, 15) is 16.8 Å². The zero-order valence-corrected chi connectivity index (χ0v) is 13.0. The van der Waals surface area contributed by atoms with Gasteiger partial charge < -0.3 is 0 Å². The van der Waals surface area contributed by atoms with E-state index in [1.807, 2.05) is 6.07 Å². The molecule has 0 amide bonds. The van der Waals surface area contributed by atoms with Crippen molar-refractivity contribution in [2.45, 2.75) is 12.2 Å². The number of benzene rings is 1. The van der Waals surface area contributed by atoms with E-state index in [0.29, 0.717) is 17.5 Å². The lowest BCUT2D eigenvalue weighted by atomic mass is 10.1. The van der Waals surface area contributed by atoms with Crippen LogP contribution in [0.3, 0.4) is 0 Å². The van der Waals surface area contributed by atoms with Crippen molar-refractivity contribution in [2.75, 3.05) is 24.6 Å². The lowest BCUT2D eigenvalue weighted by Crippen LogP contribution is -2.34. The van der Waals surface area contributed by atoms with Crippen molar-refractivity contribution in [2.24, 2.45) is 0 Å². The number of hydrogen-bond acceptors (Lipinski definition) is 5. The van der Waals surface area contributed by atoms with Gasteiger partial charge in [0.05, 0.1) is 28.9 Å². The highest BCUT2D eigenvalue weighted by molar-refractivity contribution is 7.91. The van der Waals surface area contributed by atoms with Gasteiger partial charge in [0.15, 0.2) is 9.84 Å². The van der Waals surface area contributed by atoms with Gasteiger partial charge in [-0.25, -0.2) is 21.1 Å². The van der Waals surface area contributed by atoms with Crippen molar-refractivity contribution in [3.8, 4) is 6.07 Å². The Morgan fingerprint density at radius 3 is 2.62 bits per heavy atom. The maximum Gasteiger partial charge on any atom is 0.218 e. The van der Waals surface area contributed by atoms with Crippen LogP contribution in [-0.4, -0.2) is 45.7 Å². The molecule has 1 fully saturated rings. The molecule has 0 spiro atoms. The third-order valence-electron chi connectivity index (χ3n) is 3.38. The molecule has 0 atom stereocenters. The first kappa shape index (κ1) is 15.9. The first-order valence-corrected chi connectivity index (χ1v) is 9.93. The second-order valence-electron chi connectivity index (χ2n) is 4.93. The van der Waals surface area contributed by atoms with Gasteiger partial charge in [-0.1, -0.05) is 18.2 Å². The van der Waals surface area contributed by atoms with Gasteiger partial charge in [-0.05, 0) is 18.1 Å². The van der Waals surface area contributed by atoms with Crippen molar-refractivity contribution >= 4 is 19.9 Å². The number of rotatable bonds is 3. The summed E-state index contributed by atoms with van der Waals surface area (Å²) in [4.78, 5) is 0. The summed E-state index contributed by atoms with van der Waals surface area (Å²) >= 11 is 0. The molecule has 114 valence electrons. The molecule has 0 bridgehead atoms. The van der Waals surface area contributed by atoms with Crippen LogP contribution in [-0.2, 0) is 25.6 Å². The standard InChI is InChI=1S/C13H16N2O4S2/c14-10-12-4-1-2-5-13(12)11-21(18,19)15-6-3-8-20(16,17)9-7-15/h1-2,4-5H,3,6-9,11H2. The quantitative estimate of drug-likeness (QED) is 0.805. The van der Waals surface area contributed by atoms with E-state index >= 15 is 0 Å². The van der Waals surface area contributed by atoms with Crippen LogP contribution in [0, 0.1) is 11.3 Å². The molecule has 0 N–H and O–H groups in total. The molecule has 1 saturated heterocycles. The maximum absolute atomic E-state index is 12.4. The van der Waals surface area contributed by atoms with E-state index in [-0.39, 0.29) is 30.3 Å². The summed E-state index contributed by atoms with van der Waals surface area (Å²) in [6, 6.07) is 8.49. The van der Waals surface area contributed by atoms with Crippen LogP contribution in [0.15, 0.2) is 24.3 Å². The van der Waals surface area contributed by atoms with Gasteiger partial charge in [-0.2, -0.15) is 5.26 Å². The van der Waals surface area contributed by atoms with E-state index in [1.165, 1.54) is 4.31 Å². The summed E-state index contributed by atoms with van der Waals surface area (Å²) in [5, 5.41) is 9.00. The zero-order chi connectivity index (χ0) is 15.5. The molecule has 2 rings (SSSR count). The Morgan fingerprint density at radius 1 is 1.19 bits per heavy atom. The van der Waals surface area contributed by atoms with Gasteiger partial charge in [0, 0.05) is 13.1 Å². The topological polar surface area (TPSA) is 95.3 Å². The number of nitriles is 1. The van der Waals surface area contributed by atoms with Crippen LogP contribution < -0.4 is 0 Å². The average Bonchev–Trinajstić information content (AvgIpc) is 2.60. The fourth-order valence-corrected chi connectivity index (χ4v) is 5.23. The zero-order valence-electron chi connectivity index (χ0n) is 11.4. The molecular formula is C13H16N2O4S2. The molecule has 0 saturated carbocycles. The molecule has 1 aliphatic rings. The minimum absolute atomic E-state index is 0.0145. The minimum atomic E-state index is -3.62. The molecule has 0 aromatic heterocycles. The Morgan fingerprint density at radius 2 is 1.90 bits per heavy atom. The first-order chi connectivity index (χ1) is 9.84. The molecule has 0 aliphatic carbocycles. The van der Waals surface area contributed by atoms with Crippen molar-refractivity contribution in [1.29, 1.82) is 5.26 Å². The summed E-state index contributed by atoms with van der Waals surface area (Å²) in [7, 11) is -6.78. The third-order valence-corrected chi connectivity index (χ3v) is 6.93. The number of sulfonamides is 1. The highest BCUT2D eigenvalue weighted by Gasteiger charge is 2.28. The van der Waals surface area contributed by atoms with Crippen molar-refractivity contribution in [1.82, 2.24) is 4.31 Å². The molecule has 0 radical (unpaired) electrons. The molecule has 8 heteroatoms. The minimum Gasteiger partial charge on any atom is -0.229 e. The monoisotopic (exact) mass is 328 g/mol. The summed E-state index contributed by atoms with van der Waals surface area (Å²) in [5.74, 6) is -0.406. The lowest BCUT2D eigenvalue weighted by molar-refractivity contribution is 0.434. The van der Waals surface area contributed by atoms with E-state index in [0.717, 1.165) is 0 Å². The van der Waals surface area contributed by atoms with E-state index < -0.39 is 19.9 Å². The molecule has 1 aromatic rings. The molecule has 0 unspecified atom stereocenters. The van der Waals surface area contributed by atoms with Gasteiger partial charge in [0.1, 0.15) is 0 Å². The maximum atomic E-state index is 12.4. The van der Waals surface area contributed by atoms with E-state index in [4.69, 9.17) is 5.26 Å². The van der Waals surface area contributed by atoms with Crippen LogP contribution >= 0.6 is 0 Å². The second-order valence-corrected chi connectivity index (χ2v) is 9.20. The third kappa shape index (κ3) is 4.03.